The molecule has 1 aliphatic carbocycles. The average molecular weight is 488 g/mol. The molecule has 1 amide bonds. The molecule has 2 N–H and O–H groups in total. The predicted molar refractivity (Wildman–Crippen MR) is 116 cm³/mol. The van der Waals surface area contributed by atoms with Gasteiger partial charge in [0.15, 0.2) is 15.5 Å². The van der Waals surface area contributed by atoms with Gasteiger partial charge in [-0.05, 0) is 37.1 Å². The molecule has 1 aromatic carbocycles. The lowest BCUT2D eigenvalue weighted by Crippen LogP contribution is -2.13. The number of carbonyl (C=O) groups is 1. The molecule has 13 heteroatoms. The van der Waals surface area contributed by atoms with Crippen molar-refractivity contribution in [2.24, 2.45) is 0 Å². The van der Waals surface area contributed by atoms with Gasteiger partial charge in [0.1, 0.15) is 11.3 Å². The second-order valence-electron chi connectivity index (χ2n) is 7.73. The summed E-state index contributed by atoms with van der Waals surface area (Å²) >= 11 is 0. The van der Waals surface area contributed by atoms with Crippen LogP contribution >= 0.6 is 0 Å². The van der Waals surface area contributed by atoms with Crippen LogP contribution in [0.3, 0.4) is 0 Å². The van der Waals surface area contributed by atoms with Crippen LogP contribution in [0.4, 0.5) is 14.5 Å². The van der Waals surface area contributed by atoms with Crippen molar-refractivity contribution in [1.29, 1.82) is 0 Å². The van der Waals surface area contributed by atoms with E-state index in [2.05, 4.69) is 30.3 Å². The van der Waals surface area contributed by atoms with E-state index in [0.29, 0.717) is 29.9 Å². The van der Waals surface area contributed by atoms with Gasteiger partial charge in [0, 0.05) is 24.4 Å². The van der Waals surface area contributed by atoms with E-state index >= 15 is 0 Å². The van der Waals surface area contributed by atoms with Crippen molar-refractivity contribution in [3.63, 3.8) is 0 Å². The fourth-order valence-corrected chi connectivity index (χ4v) is 5.28. The molecule has 1 fully saturated rings. The van der Waals surface area contributed by atoms with Crippen molar-refractivity contribution in [2.45, 2.75) is 36.0 Å². The number of nitrogens with one attached hydrogen (secondary N) is 2. The first kappa shape index (κ1) is 21.9. The number of nitrogens with zero attached hydrogens (tertiary/aromatic N) is 4. The van der Waals surface area contributed by atoms with Crippen LogP contribution in [0.5, 0.6) is 5.75 Å². The van der Waals surface area contributed by atoms with Crippen molar-refractivity contribution in [1.82, 2.24) is 24.8 Å². The number of hydrogen-bond acceptors (Lipinski definition) is 7. The Labute approximate surface area is 191 Å². The third-order valence-electron chi connectivity index (χ3n) is 5.40. The van der Waals surface area contributed by atoms with Crippen molar-refractivity contribution >= 4 is 27.1 Å². The molecule has 0 spiro atoms. The van der Waals surface area contributed by atoms with Gasteiger partial charge in [-0.15, -0.1) is 0 Å². The fraction of sp³-hybridized carbons (Fsp3) is 0.238. The SMILES string of the molecule is O=C(Nc1cn[nH]c1Cc1cc(S(=O)(=O)C2CC2)ccc1OC(F)F)c1cnn2cccnc12. The van der Waals surface area contributed by atoms with Gasteiger partial charge in [0.25, 0.3) is 5.91 Å². The molecule has 0 atom stereocenters. The molecule has 3 aromatic heterocycles. The largest absolute Gasteiger partial charge is 0.435 e. The van der Waals surface area contributed by atoms with Crippen LogP contribution < -0.4 is 10.1 Å². The number of halogens is 2. The van der Waals surface area contributed by atoms with Crippen LogP contribution in [0.25, 0.3) is 5.65 Å². The minimum Gasteiger partial charge on any atom is -0.435 e. The number of carbonyl (C=O) groups excluding carboxylic acids is 1. The van der Waals surface area contributed by atoms with E-state index in [1.807, 2.05) is 0 Å². The van der Waals surface area contributed by atoms with Gasteiger partial charge in [-0.1, -0.05) is 0 Å². The Balaban J connectivity index is 1.44. The standard InChI is InChI=1S/C21H18F2N6O4S/c22-21(23)33-18-5-4-14(34(31,32)13-2-3-13)8-12(18)9-16-17(11-25-28-16)27-20(30)15-10-26-29-7-1-6-24-19(15)29/h1,4-8,10-11,13,21H,2-3,9H2,(H,25,28)(H,27,30). The van der Waals surface area contributed by atoms with Crippen molar-refractivity contribution in [3.05, 3.63) is 65.9 Å². The van der Waals surface area contributed by atoms with E-state index < -0.39 is 27.6 Å². The molecular weight excluding hydrogens is 470 g/mol. The maximum absolute atomic E-state index is 13.0. The minimum absolute atomic E-state index is 0.0362. The van der Waals surface area contributed by atoms with Gasteiger partial charge < -0.3 is 10.1 Å². The molecule has 0 aliphatic heterocycles. The molecule has 1 aliphatic rings. The third-order valence-corrected chi connectivity index (χ3v) is 7.66. The number of sulfone groups is 1. The molecule has 10 nitrogen and oxygen atoms in total. The number of fused-ring (bicyclic) bond motifs is 1. The molecule has 5 rings (SSSR count). The lowest BCUT2D eigenvalue weighted by atomic mass is 10.1. The highest BCUT2D eigenvalue weighted by atomic mass is 32.2. The van der Waals surface area contributed by atoms with Gasteiger partial charge in [-0.25, -0.2) is 17.9 Å². The van der Waals surface area contributed by atoms with Crippen molar-refractivity contribution in [2.75, 3.05) is 5.32 Å². The highest BCUT2D eigenvalue weighted by molar-refractivity contribution is 7.92. The summed E-state index contributed by atoms with van der Waals surface area (Å²) < 4.78 is 57.3. The molecular formula is C21H18F2N6O4S. The number of rotatable bonds is 8. The number of aromatic amines is 1. The number of aromatic nitrogens is 5. The Bertz CT molecular complexity index is 1480. The second kappa shape index (κ2) is 8.48. The number of alkyl halides is 2. The lowest BCUT2D eigenvalue weighted by Gasteiger charge is -2.13. The Morgan fingerprint density at radius 3 is 2.88 bits per heavy atom. The summed E-state index contributed by atoms with van der Waals surface area (Å²) in [5, 5.41) is 13.0. The first-order chi connectivity index (χ1) is 16.3. The molecule has 0 unspecified atom stereocenters. The number of amides is 1. The summed E-state index contributed by atoms with van der Waals surface area (Å²) in [6, 6.07) is 5.48. The van der Waals surface area contributed by atoms with Crippen LogP contribution in [0.2, 0.25) is 0 Å². The number of ether oxygens (including phenoxy) is 1. The third kappa shape index (κ3) is 4.21. The van der Waals surface area contributed by atoms with E-state index in [9.17, 15) is 22.0 Å². The summed E-state index contributed by atoms with van der Waals surface area (Å²) in [6.07, 6.45) is 7.02. The van der Waals surface area contributed by atoms with Crippen LogP contribution in [-0.2, 0) is 16.3 Å². The zero-order chi connectivity index (χ0) is 23.9. The predicted octanol–water partition coefficient (Wildman–Crippen LogP) is 2.83. The minimum atomic E-state index is -3.55. The van der Waals surface area contributed by atoms with Crippen LogP contribution in [0, 0.1) is 0 Å². The Hall–Kier alpha value is -3.87. The Morgan fingerprint density at radius 2 is 2.12 bits per heavy atom. The molecule has 1 saturated carbocycles. The summed E-state index contributed by atoms with van der Waals surface area (Å²) in [7, 11) is -3.55. The normalized spacial score (nSPS) is 14.0. The first-order valence-electron chi connectivity index (χ1n) is 10.3. The van der Waals surface area contributed by atoms with Crippen LogP contribution in [0.15, 0.2) is 53.9 Å². The summed E-state index contributed by atoms with van der Waals surface area (Å²) in [6.45, 7) is -3.09. The lowest BCUT2D eigenvalue weighted by molar-refractivity contribution is -0.0504. The smallest absolute Gasteiger partial charge is 0.387 e. The second-order valence-corrected chi connectivity index (χ2v) is 9.96. The molecule has 3 heterocycles. The van der Waals surface area contributed by atoms with Crippen molar-refractivity contribution in [3.8, 4) is 5.75 Å². The Kier molecular flexibility index (Phi) is 5.48. The molecule has 4 aromatic rings. The summed E-state index contributed by atoms with van der Waals surface area (Å²) in [5.74, 6) is -0.658. The van der Waals surface area contributed by atoms with Gasteiger partial charge in [0.05, 0.1) is 33.9 Å². The Morgan fingerprint density at radius 1 is 1.29 bits per heavy atom. The molecule has 34 heavy (non-hydrogen) atoms. The van der Waals surface area contributed by atoms with Gasteiger partial charge >= 0.3 is 6.61 Å². The highest BCUT2D eigenvalue weighted by Crippen LogP contribution is 2.36. The topological polar surface area (TPSA) is 131 Å². The van der Waals surface area contributed by atoms with E-state index in [4.69, 9.17) is 0 Å². The van der Waals surface area contributed by atoms with E-state index in [1.165, 1.54) is 41.3 Å². The zero-order valence-electron chi connectivity index (χ0n) is 17.5. The summed E-state index contributed by atoms with van der Waals surface area (Å²) in [4.78, 5) is 17.0. The zero-order valence-corrected chi connectivity index (χ0v) is 18.3. The molecule has 0 bridgehead atoms. The van der Waals surface area contributed by atoms with Crippen LogP contribution in [-0.4, -0.2) is 51.0 Å². The number of benzene rings is 1. The van der Waals surface area contributed by atoms with Crippen LogP contribution in [0.1, 0.15) is 34.5 Å². The number of anilines is 1. The average Bonchev–Trinajstić information content (AvgIpc) is 3.45. The van der Waals surface area contributed by atoms with Crippen molar-refractivity contribution < 1.29 is 26.7 Å². The van der Waals surface area contributed by atoms with Gasteiger partial charge in [0.2, 0.25) is 0 Å². The number of hydrogen-bond donors (Lipinski definition) is 2. The first-order valence-corrected chi connectivity index (χ1v) is 11.8. The quantitative estimate of drug-likeness (QED) is 0.390. The maximum Gasteiger partial charge on any atom is 0.387 e. The van der Waals surface area contributed by atoms with Gasteiger partial charge in [-0.3, -0.25) is 9.89 Å². The molecule has 0 radical (unpaired) electrons. The maximum atomic E-state index is 13.0. The van der Waals surface area contributed by atoms with Gasteiger partial charge in [-0.2, -0.15) is 19.0 Å². The highest BCUT2D eigenvalue weighted by Gasteiger charge is 2.37. The fourth-order valence-electron chi connectivity index (χ4n) is 3.58. The molecule has 176 valence electrons. The number of H-pyrrole nitrogens is 1. The van der Waals surface area contributed by atoms with E-state index in [-0.39, 0.29) is 28.2 Å². The monoisotopic (exact) mass is 488 g/mol. The molecule has 0 saturated heterocycles. The summed E-state index contributed by atoms with van der Waals surface area (Å²) in [5.41, 5.74) is 1.46. The van der Waals surface area contributed by atoms with E-state index in [1.54, 1.807) is 12.3 Å². The van der Waals surface area contributed by atoms with E-state index in [0.717, 1.165) is 0 Å².